The van der Waals surface area contributed by atoms with Crippen LogP contribution in [0.2, 0.25) is 0 Å². The van der Waals surface area contributed by atoms with Gasteiger partial charge in [-0.15, -0.1) is 0 Å². The number of hydrogen-bond donors (Lipinski definition) is 0. The Hall–Kier alpha value is -3.13. The molecule has 0 bridgehead atoms. The van der Waals surface area contributed by atoms with Gasteiger partial charge < -0.3 is 4.74 Å². The maximum atomic E-state index is 6.35. The highest BCUT2D eigenvalue weighted by molar-refractivity contribution is 5.86. The van der Waals surface area contributed by atoms with E-state index in [-0.39, 0.29) is 0 Å². The van der Waals surface area contributed by atoms with Crippen LogP contribution in [0.25, 0.3) is 22.0 Å². The maximum absolute atomic E-state index is 6.35. The first-order valence-electron chi connectivity index (χ1n) is 8.94. The van der Waals surface area contributed by atoms with Crippen molar-refractivity contribution >= 4 is 10.9 Å². The molecule has 1 aromatic heterocycles. The van der Waals surface area contributed by atoms with Crippen molar-refractivity contribution in [2.75, 3.05) is 0 Å². The number of aromatic nitrogens is 1. The summed E-state index contributed by atoms with van der Waals surface area (Å²) in [6.07, 6.45) is 0. The molecule has 0 saturated carbocycles. The Morgan fingerprint density at radius 2 is 1.46 bits per heavy atom. The number of nitrogens with zero attached hydrogens (tertiary/aromatic N) is 1. The summed E-state index contributed by atoms with van der Waals surface area (Å²) in [4.78, 5) is 4.83. The monoisotopic (exact) mass is 339 g/mol. The molecule has 0 radical (unpaired) electrons. The Labute approximate surface area is 154 Å². The fraction of sp³-hybridized carbons (Fsp3) is 0.125. The van der Waals surface area contributed by atoms with Crippen LogP contribution >= 0.6 is 0 Å². The van der Waals surface area contributed by atoms with Crippen LogP contribution < -0.4 is 4.74 Å². The van der Waals surface area contributed by atoms with Gasteiger partial charge in [0.15, 0.2) is 0 Å². The molecule has 0 saturated heterocycles. The van der Waals surface area contributed by atoms with E-state index in [1.165, 1.54) is 5.56 Å². The number of fused-ring (bicyclic) bond motifs is 1. The Morgan fingerprint density at radius 1 is 0.769 bits per heavy atom. The van der Waals surface area contributed by atoms with Gasteiger partial charge in [0.2, 0.25) is 5.88 Å². The van der Waals surface area contributed by atoms with Crippen molar-refractivity contribution in [2.24, 2.45) is 0 Å². The summed E-state index contributed by atoms with van der Waals surface area (Å²) in [5.41, 5.74) is 4.22. The first-order chi connectivity index (χ1) is 12.7. The number of hydrogen-bond acceptors (Lipinski definition) is 2. The Morgan fingerprint density at radius 3 is 2.27 bits per heavy atom. The van der Waals surface area contributed by atoms with E-state index in [0.29, 0.717) is 11.8 Å². The smallest absolute Gasteiger partial charge is 0.227 e. The Balaban J connectivity index is 1.88. The van der Waals surface area contributed by atoms with Crippen LogP contribution in [0.3, 0.4) is 0 Å². The molecule has 2 nitrogen and oxygen atoms in total. The van der Waals surface area contributed by atoms with Crippen LogP contribution in [-0.4, -0.2) is 4.98 Å². The summed E-state index contributed by atoms with van der Waals surface area (Å²) in [5, 5.41) is 1.11. The predicted molar refractivity (Wildman–Crippen MR) is 108 cm³/mol. The minimum absolute atomic E-state index is 0.381. The van der Waals surface area contributed by atoms with Gasteiger partial charge in [0.05, 0.1) is 5.52 Å². The van der Waals surface area contributed by atoms with E-state index >= 15 is 0 Å². The Kier molecular flexibility index (Phi) is 4.40. The highest BCUT2D eigenvalue weighted by atomic mass is 16.5. The number of rotatable bonds is 4. The second-order valence-electron chi connectivity index (χ2n) is 6.69. The summed E-state index contributed by atoms with van der Waals surface area (Å²) in [5.74, 6) is 1.89. The van der Waals surface area contributed by atoms with Gasteiger partial charge in [0.25, 0.3) is 0 Å². The number of para-hydroxylation sites is 2. The zero-order valence-electron chi connectivity index (χ0n) is 15.0. The van der Waals surface area contributed by atoms with E-state index in [9.17, 15) is 0 Å². The fourth-order valence-electron chi connectivity index (χ4n) is 3.16. The molecule has 0 fully saturated rings. The lowest BCUT2D eigenvalue weighted by molar-refractivity contribution is 0.458. The predicted octanol–water partition coefficient (Wildman–Crippen LogP) is 6.82. The normalized spacial score (nSPS) is 11.0. The number of pyridine rings is 1. The molecule has 26 heavy (non-hydrogen) atoms. The molecule has 0 N–H and O–H groups in total. The average Bonchev–Trinajstić information content (AvgIpc) is 2.68. The Bertz CT molecular complexity index is 1040. The van der Waals surface area contributed by atoms with Crippen LogP contribution in [0.5, 0.6) is 11.6 Å². The molecule has 4 rings (SSSR count). The van der Waals surface area contributed by atoms with Crippen molar-refractivity contribution in [3.8, 4) is 22.8 Å². The van der Waals surface area contributed by atoms with E-state index in [0.717, 1.165) is 27.8 Å². The van der Waals surface area contributed by atoms with Gasteiger partial charge in [-0.05, 0) is 35.2 Å². The third-order valence-electron chi connectivity index (χ3n) is 4.52. The van der Waals surface area contributed by atoms with Crippen molar-refractivity contribution in [2.45, 2.75) is 19.8 Å². The molecule has 0 aliphatic heterocycles. The van der Waals surface area contributed by atoms with Gasteiger partial charge in [-0.3, -0.25) is 0 Å². The number of benzene rings is 3. The van der Waals surface area contributed by atoms with Crippen LogP contribution in [0, 0.1) is 0 Å². The average molecular weight is 339 g/mol. The topological polar surface area (TPSA) is 22.1 Å². The first kappa shape index (κ1) is 16.3. The molecule has 0 unspecified atom stereocenters. The van der Waals surface area contributed by atoms with Crippen molar-refractivity contribution in [3.05, 3.63) is 90.5 Å². The van der Waals surface area contributed by atoms with Gasteiger partial charge in [-0.1, -0.05) is 80.6 Å². The van der Waals surface area contributed by atoms with Gasteiger partial charge in [0.1, 0.15) is 5.75 Å². The first-order valence-corrected chi connectivity index (χ1v) is 8.94. The quantitative estimate of drug-likeness (QED) is 0.407. The van der Waals surface area contributed by atoms with Gasteiger partial charge in [-0.2, -0.15) is 0 Å². The van der Waals surface area contributed by atoms with Crippen LogP contribution in [0.4, 0.5) is 0 Å². The minimum atomic E-state index is 0.381. The molecule has 4 aromatic rings. The SMILES string of the molecule is CC(C)c1ccccc1Oc1nc2ccccc2cc1-c1ccccc1. The molecular formula is C24H21NO. The van der Waals surface area contributed by atoms with Gasteiger partial charge >= 0.3 is 0 Å². The van der Waals surface area contributed by atoms with E-state index in [4.69, 9.17) is 9.72 Å². The molecule has 0 atom stereocenters. The van der Waals surface area contributed by atoms with Crippen molar-refractivity contribution in [1.82, 2.24) is 4.98 Å². The van der Waals surface area contributed by atoms with E-state index < -0.39 is 0 Å². The van der Waals surface area contributed by atoms with Crippen LogP contribution in [-0.2, 0) is 0 Å². The summed E-state index contributed by atoms with van der Waals surface area (Å²) < 4.78 is 6.35. The lowest BCUT2D eigenvalue weighted by Crippen LogP contribution is -1.97. The third kappa shape index (κ3) is 3.18. The molecular weight excluding hydrogens is 318 g/mol. The molecule has 2 heteroatoms. The summed E-state index contributed by atoms with van der Waals surface area (Å²) >= 11 is 0. The van der Waals surface area contributed by atoms with Crippen LogP contribution in [0.15, 0.2) is 84.9 Å². The largest absolute Gasteiger partial charge is 0.438 e. The molecule has 0 aliphatic carbocycles. The standard InChI is InChI=1S/C24H21NO/c1-17(2)20-13-7-9-15-23(20)26-24-21(18-10-4-3-5-11-18)16-19-12-6-8-14-22(19)25-24/h3-17H,1-2H3. The lowest BCUT2D eigenvalue weighted by atomic mass is 10.0. The van der Waals surface area contributed by atoms with E-state index in [1.54, 1.807) is 0 Å². The zero-order valence-corrected chi connectivity index (χ0v) is 15.0. The molecule has 3 aromatic carbocycles. The maximum Gasteiger partial charge on any atom is 0.227 e. The third-order valence-corrected chi connectivity index (χ3v) is 4.52. The van der Waals surface area contributed by atoms with Gasteiger partial charge in [-0.25, -0.2) is 4.98 Å². The van der Waals surface area contributed by atoms with Gasteiger partial charge in [0, 0.05) is 10.9 Å². The van der Waals surface area contributed by atoms with E-state index in [1.807, 2.05) is 54.6 Å². The van der Waals surface area contributed by atoms with Crippen LogP contribution in [0.1, 0.15) is 25.3 Å². The molecule has 128 valence electrons. The number of ether oxygens (including phenoxy) is 1. The van der Waals surface area contributed by atoms with Crippen molar-refractivity contribution in [3.63, 3.8) is 0 Å². The minimum Gasteiger partial charge on any atom is -0.438 e. The van der Waals surface area contributed by atoms with E-state index in [2.05, 4.69) is 44.2 Å². The second kappa shape index (κ2) is 7.01. The highest BCUT2D eigenvalue weighted by Crippen LogP contribution is 2.36. The lowest BCUT2D eigenvalue weighted by Gasteiger charge is -2.16. The summed E-state index contributed by atoms with van der Waals surface area (Å²) in [6, 6.07) is 28.8. The summed E-state index contributed by atoms with van der Waals surface area (Å²) in [7, 11) is 0. The van der Waals surface area contributed by atoms with Crippen molar-refractivity contribution < 1.29 is 4.74 Å². The molecule has 0 amide bonds. The molecule has 0 aliphatic rings. The molecule has 0 spiro atoms. The summed E-state index contributed by atoms with van der Waals surface area (Å²) in [6.45, 7) is 4.35. The highest BCUT2D eigenvalue weighted by Gasteiger charge is 2.14. The van der Waals surface area contributed by atoms with Crippen molar-refractivity contribution in [1.29, 1.82) is 0 Å². The fourth-order valence-corrected chi connectivity index (χ4v) is 3.16. The second-order valence-corrected chi connectivity index (χ2v) is 6.69. The zero-order chi connectivity index (χ0) is 17.9. The molecule has 1 heterocycles.